The molecule has 1 unspecified atom stereocenters. The molecule has 0 radical (unpaired) electrons. The smallest absolute Gasteiger partial charge is 0.307 e. The Hall–Kier alpha value is -1.50. The number of carbonyl (C=O) groups excluding carboxylic acids is 1. The van der Waals surface area contributed by atoms with Crippen molar-refractivity contribution in [2.45, 2.75) is 51.5 Å². The number of rotatable bonds is 5. The summed E-state index contributed by atoms with van der Waals surface area (Å²) < 4.78 is 0. The van der Waals surface area contributed by atoms with E-state index >= 15 is 0 Å². The topological polar surface area (TPSA) is 66.4 Å². The maximum Gasteiger partial charge on any atom is 0.307 e. The molecule has 4 heteroatoms. The van der Waals surface area contributed by atoms with Crippen LogP contribution in [0, 0.1) is 24.2 Å². The van der Waals surface area contributed by atoms with Gasteiger partial charge < -0.3 is 10.4 Å². The van der Waals surface area contributed by atoms with Crippen molar-refractivity contribution < 1.29 is 14.7 Å². The molecule has 0 spiro atoms. The maximum atomic E-state index is 12.1. The van der Waals surface area contributed by atoms with Crippen molar-refractivity contribution in [1.82, 2.24) is 5.32 Å². The SMILES string of the molecule is C#CCC(CC)NC(=O)[C@@H]1CCCC[C@@H]1C(=O)O. The Morgan fingerprint density at radius 3 is 2.50 bits per heavy atom. The second-order valence-corrected chi connectivity index (χ2v) is 4.86. The van der Waals surface area contributed by atoms with E-state index in [9.17, 15) is 9.59 Å². The van der Waals surface area contributed by atoms with E-state index < -0.39 is 17.8 Å². The first-order chi connectivity index (χ1) is 8.60. The zero-order valence-corrected chi connectivity index (χ0v) is 10.8. The maximum absolute atomic E-state index is 12.1. The Morgan fingerprint density at radius 2 is 2.00 bits per heavy atom. The van der Waals surface area contributed by atoms with Crippen molar-refractivity contribution in [3.05, 3.63) is 0 Å². The Kier molecular flexibility index (Phi) is 5.70. The van der Waals surface area contributed by atoms with Gasteiger partial charge in [-0.2, -0.15) is 0 Å². The first-order valence-corrected chi connectivity index (χ1v) is 6.56. The summed E-state index contributed by atoms with van der Waals surface area (Å²) in [6.07, 6.45) is 9.57. The molecule has 0 aromatic rings. The van der Waals surface area contributed by atoms with Crippen molar-refractivity contribution in [2.24, 2.45) is 11.8 Å². The van der Waals surface area contributed by atoms with Gasteiger partial charge in [0.15, 0.2) is 0 Å². The van der Waals surface area contributed by atoms with Crippen molar-refractivity contribution in [2.75, 3.05) is 0 Å². The minimum absolute atomic E-state index is 0.0427. The Bertz CT molecular complexity index is 345. The van der Waals surface area contributed by atoms with Crippen LogP contribution in [0.25, 0.3) is 0 Å². The number of hydrogen-bond donors (Lipinski definition) is 2. The number of aliphatic carboxylic acids is 1. The van der Waals surface area contributed by atoms with Crippen molar-refractivity contribution in [3.8, 4) is 12.3 Å². The normalized spacial score (nSPS) is 24.9. The van der Waals surface area contributed by atoms with Crippen LogP contribution < -0.4 is 5.32 Å². The molecule has 0 aliphatic heterocycles. The number of carbonyl (C=O) groups is 2. The van der Waals surface area contributed by atoms with E-state index in [1.807, 2.05) is 6.92 Å². The summed E-state index contributed by atoms with van der Waals surface area (Å²) in [7, 11) is 0. The summed E-state index contributed by atoms with van der Waals surface area (Å²) in [5.74, 6) is 0.580. The second kappa shape index (κ2) is 7.05. The van der Waals surface area contributed by atoms with Crippen LogP contribution in [-0.4, -0.2) is 23.0 Å². The minimum Gasteiger partial charge on any atom is -0.481 e. The average Bonchev–Trinajstić information content (AvgIpc) is 2.38. The molecule has 1 rings (SSSR count). The van der Waals surface area contributed by atoms with Crippen molar-refractivity contribution >= 4 is 11.9 Å². The number of carboxylic acids is 1. The van der Waals surface area contributed by atoms with Crippen LogP contribution in [0.5, 0.6) is 0 Å². The quantitative estimate of drug-likeness (QED) is 0.732. The van der Waals surface area contributed by atoms with Gasteiger partial charge in [0.25, 0.3) is 0 Å². The summed E-state index contributed by atoms with van der Waals surface area (Å²) in [4.78, 5) is 23.3. The second-order valence-electron chi connectivity index (χ2n) is 4.86. The molecule has 3 atom stereocenters. The van der Waals surface area contributed by atoms with E-state index in [0.717, 1.165) is 19.3 Å². The third kappa shape index (κ3) is 3.76. The molecule has 1 aliphatic carbocycles. The first-order valence-electron chi connectivity index (χ1n) is 6.56. The average molecular weight is 251 g/mol. The highest BCUT2D eigenvalue weighted by Gasteiger charge is 2.36. The molecule has 0 saturated heterocycles. The van der Waals surface area contributed by atoms with E-state index in [4.69, 9.17) is 11.5 Å². The van der Waals surface area contributed by atoms with Gasteiger partial charge in [-0.25, -0.2) is 0 Å². The van der Waals surface area contributed by atoms with Gasteiger partial charge in [0.1, 0.15) is 0 Å². The highest BCUT2D eigenvalue weighted by Crippen LogP contribution is 2.30. The molecule has 1 saturated carbocycles. The van der Waals surface area contributed by atoms with Gasteiger partial charge in [-0.3, -0.25) is 9.59 Å². The molecule has 4 nitrogen and oxygen atoms in total. The third-order valence-corrected chi connectivity index (χ3v) is 3.62. The monoisotopic (exact) mass is 251 g/mol. The predicted molar refractivity (Wildman–Crippen MR) is 68.8 cm³/mol. The fourth-order valence-electron chi connectivity index (χ4n) is 2.49. The summed E-state index contributed by atoms with van der Waals surface area (Å²) in [5, 5.41) is 12.0. The van der Waals surface area contributed by atoms with Gasteiger partial charge in [0, 0.05) is 12.5 Å². The molecule has 1 fully saturated rings. The Balaban J connectivity index is 2.63. The molecular formula is C14H21NO3. The lowest BCUT2D eigenvalue weighted by Crippen LogP contribution is -2.43. The highest BCUT2D eigenvalue weighted by atomic mass is 16.4. The zero-order chi connectivity index (χ0) is 13.5. The van der Waals surface area contributed by atoms with E-state index in [1.54, 1.807) is 0 Å². The number of amides is 1. The van der Waals surface area contributed by atoms with Gasteiger partial charge in [0.2, 0.25) is 5.91 Å². The van der Waals surface area contributed by atoms with Crippen LogP contribution in [-0.2, 0) is 9.59 Å². The van der Waals surface area contributed by atoms with Crippen molar-refractivity contribution in [1.29, 1.82) is 0 Å². The molecule has 100 valence electrons. The molecule has 18 heavy (non-hydrogen) atoms. The third-order valence-electron chi connectivity index (χ3n) is 3.62. The fraction of sp³-hybridized carbons (Fsp3) is 0.714. The van der Waals surface area contributed by atoms with Gasteiger partial charge in [-0.1, -0.05) is 19.8 Å². The van der Waals surface area contributed by atoms with E-state index in [1.165, 1.54) is 0 Å². The summed E-state index contributed by atoms with van der Waals surface area (Å²) in [6.45, 7) is 1.96. The molecule has 2 N–H and O–H groups in total. The molecule has 0 bridgehead atoms. The standard InChI is InChI=1S/C14H21NO3/c1-3-7-10(4-2)15-13(16)11-8-5-6-9-12(11)14(17)18/h1,10-12H,4-9H2,2H3,(H,15,16)(H,17,18)/t10?,11-,12+/m1/s1. The van der Waals surface area contributed by atoms with Crippen LogP contribution in [0.4, 0.5) is 0 Å². The molecule has 1 amide bonds. The molecule has 0 heterocycles. The highest BCUT2D eigenvalue weighted by molar-refractivity contribution is 5.85. The van der Waals surface area contributed by atoms with Gasteiger partial charge in [-0.05, 0) is 19.3 Å². The van der Waals surface area contributed by atoms with E-state index in [-0.39, 0.29) is 11.9 Å². The van der Waals surface area contributed by atoms with Gasteiger partial charge in [-0.15, -0.1) is 12.3 Å². The summed E-state index contributed by atoms with van der Waals surface area (Å²) in [6, 6.07) is -0.0427. The van der Waals surface area contributed by atoms with Crippen LogP contribution in [0.15, 0.2) is 0 Å². The summed E-state index contributed by atoms with van der Waals surface area (Å²) in [5.41, 5.74) is 0. The van der Waals surface area contributed by atoms with Gasteiger partial charge >= 0.3 is 5.97 Å². The summed E-state index contributed by atoms with van der Waals surface area (Å²) >= 11 is 0. The van der Waals surface area contributed by atoms with Crippen LogP contribution >= 0.6 is 0 Å². The van der Waals surface area contributed by atoms with E-state index in [0.29, 0.717) is 19.3 Å². The lowest BCUT2D eigenvalue weighted by atomic mass is 9.78. The fourth-order valence-corrected chi connectivity index (χ4v) is 2.49. The Labute approximate surface area is 108 Å². The van der Waals surface area contributed by atoms with Crippen molar-refractivity contribution in [3.63, 3.8) is 0 Å². The lowest BCUT2D eigenvalue weighted by molar-refractivity contribution is -0.149. The lowest BCUT2D eigenvalue weighted by Gasteiger charge is -2.28. The number of nitrogens with one attached hydrogen (secondary N) is 1. The van der Waals surface area contributed by atoms with E-state index in [2.05, 4.69) is 11.2 Å². The number of hydrogen-bond acceptors (Lipinski definition) is 2. The number of carboxylic acid groups (broad SMARTS) is 1. The molecular weight excluding hydrogens is 230 g/mol. The molecule has 0 aromatic carbocycles. The zero-order valence-electron chi connectivity index (χ0n) is 10.8. The Morgan fingerprint density at radius 1 is 1.39 bits per heavy atom. The largest absolute Gasteiger partial charge is 0.481 e. The number of terminal acetylenes is 1. The molecule has 0 aromatic heterocycles. The first kappa shape index (κ1) is 14.6. The van der Waals surface area contributed by atoms with Gasteiger partial charge in [0.05, 0.1) is 11.8 Å². The van der Waals surface area contributed by atoms with Crippen LogP contribution in [0.3, 0.4) is 0 Å². The minimum atomic E-state index is -0.861. The predicted octanol–water partition coefficient (Wildman–Crippen LogP) is 1.80. The van der Waals surface area contributed by atoms with Crippen LogP contribution in [0.2, 0.25) is 0 Å². The molecule has 1 aliphatic rings. The van der Waals surface area contributed by atoms with Crippen LogP contribution in [0.1, 0.15) is 45.4 Å².